The molecule has 1 aliphatic carbocycles. The van der Waals surface area contributed by atoms with Crippen LogP contribution in [0.1, 0.15) is 23.2 Å². The lowest BCUT2D eigenvalue weighted by molar-refractivity contribution is -0.136. The molecule has 2 heterocycles. The summed E-state index contributed by atoms with van der Waals surface area (Å²) in [6.07, 6.45) is 1.65. The molecule has 29 heavy (non-hydrogen) atoms. The summed E-state index contributed by atoms with van der Waals surface area (Å²) in [5.74, 6) is -0.232. The molecule has 9 heteroatoms. The van der Waals surface area contributed by atoms with Crippen LogP contribution >= 0.6 is 0 Å². The molecule has 1 aromatic carbocycles. The first-order chi connectivity index (χ1) is 14.0. The summed E-state index contributed by atoms with van der Waals surface area (Å²) in [6.45, 7) is 0.637. The fourth-order valence-corrected chi connectivity index (χ4v) is 3.45. The number of aliphatic hydroxyl groups is 1. The monoisotopic (exact) mass is 402 g/mol. The quantitative estimate of drug-likeness (QED) is 0.507. The number of aliphatic hydroxyl groups excluding tert-OH is 1. The zero-order valence-electron chi connectivity index (χ0n) is 16.0. The van der Waals surface area contributed by atoms with Gasteiger partial charge in [-0.2, -0.15) is 0 Å². The van der Waals surface area contributed by atoms with Crippen molar-refractivity contribution in [2.75, 3.05) is 45.3 Å². The molecule has 0 atom stereocenters. The average molecular weight is 402 g/mol. The van der Waals surface area contributed by atoms with Crippen LogP contribution in [0.15, 0.2) is 23.4 Å². The number of ketones is 1. The number of carbonyl (C=O) groups is 3. The van der Waals surface area contributed by atoms with Crippen molar-refractivity contribution in [3.63, 3.8) is 0 Å². The minimum atomic E-state index is -0.645. The number of ether oxygens (including phenoxy) is 3. The molecule has 0 aromatic heterocycles. The van der Waals surface area contributed by atoms with E-state index in [0.29, 0.717) is 36.0 Å². The number of benzene rings is 1. The molecule has 0 unspecified atom stereocenters. The molecule has 1 amide bonds. The van der Waals surface area contributed by atoms with Gasteiger partial charge in [0.15, 0.2) is 17.3 Å². The van der Waals surface area contributed by atoms with E-state index in [0.717, 1.165) is 12.8 Å². The Morgan fingerprint density at radius 1 is 1.24 bits per heavy atom. The average Bonchev–Trinajstić information content (AvgIpc) is 3.54. The third-order valence-electron chi connectivity index (χ3n) is 5.11. The zero-order chi connectivity index (χ0) is 20.5. The van der Waals surface area contributed by atoms with Gasteiger partial charge in [-0.25, -0.2) is 4.79 Å². The number of Topliss-reactive ketones (excluding diaryl/α,β-unsaturated/α-hetero) is 1. The van der Waals surface area contributed by atoms with Crippen molar-refractivity contribution < 1.29 is 33.7 Å². The van der Waals surface area contributed by atoms with Crippen molar-refractivity contribution in [2.24, 2.45) is 5.92 Å². The smallest absolute Gasteiger partial charge is 0.337 e. The second-order valence-corrected chi connectivity index (χ2v) is 7.10. The summed E-state index contributed by atoms with van der Waals surface area (Å²) < 4.78 is 16.0. The molecule has 1 aromatic rings. The molecule has 0 radical (unpaired) electrons. The molecule has 9 nitrogen and oxygen atoms in total. The van der Waals surface area contributed by atoms with Gasteiger partial charge >= 0.3 is 5.97 Å². The molecule has 2 aliphatic heterocycles. The second kappa shape index (κ2) is 7.75. The van der Waals surface area contributed by atoms with Gasteiger partial charge in [0.25, 0.3) is 5.91 Å². The highest BCUT2D eigenvalue weighted by Crippen LogP contribution is 2.41. The normalized spacial score (nSPS) is 18.1. The Morgan fingerprint density at radius 3 is 2.55 bits per heavy atom. The van der Waals surface area contributed by atoms with Crippen molar-refractivity contribution in [3.8, 4) is 11.5 Å². The van der Waals surface area contributed by atoms with Crippen LogP contribution in [0, 0.1) is 5.92 Å². The number of hydrogen-bond acceptors (Lipinski definition) is 8. The zero-order valence-corrected chi connectivity index (χ0v) is 16.0. The lowest BCUT2D eigenvalue weighted by Gasteiger charge is -2.22. The molecule has 1 saturated carbocycles. The summed E-state index contributed by atoms with van der Waals surface area (Å²) in [7, 11) is 1.23. The Hall–Kier alpha value is -3.07. The topological polar surface area (TPSA) is 114 Å². The Balaban J connectivity index is 1.74. The maximum absolute atomic E-state index is 12.8. The summed E-state index contributed by atoms with van der Waals surface area (Å²) in [4.78, 5) is 39.2. The Labute approximate surface area is 167 Å². The first-order valence-corrected chi connectivity index (χ1v) is 9.50. The maximum Gasteiger partial charge on any atom is 0.337 e. The van der Waals surface area contributed by atoms with Gasteiger partial charge < -0.3 is 29.5 Å². The van der Waals surface area contributed by atoms with Gasteiger partial charge in [-0.15, -0.1) is 0 Å². The van der Waals surface area contributed by atoms with Crippen LogP contribution in [0.5, 0.6) is 11.5 Å². The van der Waals surface area contributed by atoms with E-state index in [-0.39, 0.29) is 42.7 Å². The summed E-state index contributed by atoms with van der Waals surface area (Å²) in [6, 6.07) is 3.24. The lowest BCUT2D eigenvalue weighted by Crippen LogP contribution is -2.31. The first-order valence-electron chi connectivity index (χ1n) is 9.50. The van der Waals surface area contributed by atoms with Gasteiger partial charge in [-0.3, -0.25) is 9.59 Å². The third kappa shape index (κ3) is 3.65. The summed E-state index contributed by atoms with van der Waals surface area (Å²) >= 11 is 0. The van der Waals surface area contributed by atoms with E-state index in [1.165, 1.54) is 12.0 Å². The fraction of sp³-hybridized carbons (Fsp3) is 0.450. The highest BCUT2D eigenvalue weighted by atomic mass is 16.6. The van der Waals surface area contributed by atoms with E-state index in [1.54, 1.807) is 12.1 Å². The van der Waals surface area contributed by atoms with Crippen molar-refractivity contribution in [1.29, 1.82) is 0 Å². The molecular weight excluding hydrogens is 380 g/mol. The summed E-state index contributed by atoms with van der Waals surface area (Å²) in [5.41, 5.74) is 0.945. The Morgan fingerprint density at radius 2 is 1.93 bits per heavy atom. The van der Waals surface area contributed by atoms with Crippen molar-refractivity contribution in [1.82, 2.24) is 4.90 Å². The minimum Gasteiger partial charge on any atom is -0.486 e. The van der Waals surface area contributed by atoms with Crippen molar-refractivity contribution in [2.45, 2.75) is 12.8 Å². The fourth-order valence-electron chi connectivity index (χ4n) is 3.45. The predicted octanol–water partition coefficient (Wildman–Crippen LogP) is 0.724. The second-order valence-electron chi connectivity index (χ2n) is 7.10. The van der Waals surface area contributed by atoms with E-state index in [1.807, 2.05) is 0 Å². The Bertz CT molecular complexity index is 904. The van der Waals surface area contributed by atoms with E-state index in [9.17, 15) is 19.5 Å². The number of hydrogen-bond donors (Lipinski definition) is 2. The molecule has 154 valence electrons. The molecule has 1 fully saturated rings. The van der Waals surface area contributed by atoms with Crippen molar-refractivity contribution >= 4 is 23.3 Å². The van der Waals surface area contributed by atoms with E-state index >= 15 is 0 Å². The highest BCUT2D eigenvalue weighted by molar-refractivity contribution is 6.10. The molecule has 4 rings (SSSR count). The van der Waals surface area contributed by atoms with E-state index in [4.69, 9.17) is 14.2 Å². The number of nitrogens with zero attached hydrogens (tertiary/aromatic N) is 1. The molecule has 3 aliphatic rings. The number of amides is 1. The number of methoxy groups -OCH3 is 1. The van der Waals surface area contributed by atoms with Gasteiger partial charge in [-0.1, -0.05) is 0 Å². The van der Waals surface area contributed by atoms with E-state index < -0.39 is 11.9 Å². The van der Waals surface area contributed by atoms with Gasteiger partial charge in [0, 0.05) is 24.1 Å². The number of esters is 1. The van der Waals surface area contributed by atoms with Gasteiger partial charge in [0.2, 0.25) is 0 Å². The molecule has 0 bridgehead atoms. The number of fused-ring (bicyclic) bond motifs is 1. The van der Waals surface area contributed by atoms with Crippen molar-refractivity contribution in [3.05, 3.63) is 29.0 Å². The Kier molecular flexibility index (Phi) is 5.14. The molecule has 0 spiro atoms. The van der Waals surface area contributed by atoms with Gasteiger partial charge in [0.1, 0.15) is 18.9 Å². The number of rotatable bonds is 7. The van der Waals surface area contributed by atoms with Crippen LogP contribution in [-0.2, 0) is 14.3 Å². The van der Waals surface area contributed by atoms with Crippen LogP contribution in [0.25, 0.3) is 0 Å². The van der Waals surface area contributed by atoms with Gasteiger partial charge in [-0.05, 0) is 18.9 Å². The van der Waals surface area contributed by atoms with E-state index in [2.05, 4.69) is 5.32 Å². The lowest BCUT2D eigenvalue weighted by atomic mass is 10.0. The molecule has 2 N–H and O–H groups in total. The first kappa shape index (κ1) is 19.3. The van der Waals surface area contributed by atoms with Crippen LogP contribution < -0.4 is 14.8 Å². The highest BCUT2D eigenvalue weighted by Gasteiger charge is 2.37. The maximum atomic E-state index is 12.8. The van der Waals surface area contributed by atoms with Gasteiger partial charge in [0.05, 0.1) is 31.5 Å². The molecule has 0 saturated heterocycles. The van der Waals surface area contributed by atoms with Crippen LogP contribution in [-0.4, -0.2) is 67.7 Å². The SMILES string of the molecule is COC(=O)C1=C(Nc2cc3c(cc2C(=O)C2CC2)OCCO3)C(=O)N(CCO)C1. The van der Waals surface area contributed by atoms with Crippen LogP contribution in [0.3, 0.4) is 0 Å². The van der Waals surface area contributed by atoms with Crippen LogP contribution in [0.4, 0.5) is 5.69 Å². The minimum absolute atomic E-state index is 0.0187. The van der Waals surface area contributed by atoms with Crippen LogP contribution in [0.2, 0.25) is 0 Å². The third-order valence-corrected chi connectivity index (χ3v) is 5.11. The summed E-state index contributed by atoms with van der Waals surface area (Å²) in [5, 5.41) is 12.2. The number of anilines is 1. The number of β-amino-alcohol motifs (C(OH)–C–C–N with tert-alkyl or cyclic N) is 1. The largest absolute Gasteiger partial charge is 0.486 e. The standard InChI is InChI=1S/C20H22N2O7/c1-27-20(26)13-10-22(4-5-23)19(25)17(13)21-14-9-16-15(28-6-7-29-16)8-12(14)18(24)11-2-3-11/h8-9,11,21,23H,2-7,10H2,1H3. The molecular formula is C20H22N2O7. The predicted molar refractivity (Wildman–Crippen MR) is 101 cm³/mol. The number of nitrogens with one attached hydrogen (secondary N) is 1. The number of carbonyl (C=O) groups excluding carboxylic acids is 3.